The summed E-state index contributed by atoms with van der Waals surface area (Å²) >= 11 is 0. The summed E-state index contributed by atoms with van der Waals surface area (Å²) in [6, 6.07) is 16.2. The van der Waals surface area contributed by atoms with E-state index in [4.69, 9.17) is 19.9 Å². The van der Waals surface area contributed by atoms with Crippen molar-refractivity contribution in [1.82, 2.24) is 10.3 Å². The molecule has 0 saturated heterocycles. The summed E-state index contributed by atoms with van der Waals surface area (Å²) in [6.45, 7) is 11.5. The van der Waals surface area contributed by atoms with Crippen molar-refractivity contribution in [2.24, 2.45) is 11.1 Å². The van der Waals surface area contributed by atoms with Crippen LogP contribution in [0.2, 0.25) is 0 Å². The predicted octanol–water partition coefficient (Wildman–Crippen LogP) is 7.35. The van der Waals surface area contributed by atoms with Gasteiger partial charge in [0.25, 0.3) is 0 Å². The van der Waals surface area contributed by atoms with Gasteiger partial charge in [0, 0.05) is 41.6 Å². The molecular formula is C39H49F2N5O6. The summed E-state index contributed by atoms with van der Waals surface area (Å²) in [5, 5.41) is 9.10. The number of hydrogen-bond donors (Lipinski definition) is 4. The number of aromatic nitrogens is 1. The molecule has 1 heterocycles. The van der Waals surface area contributed by atoms with Crippen LogP contribution in [0.4, 0.5) is 20.2 Å². The Morgan fingerprint density at radius 2 is 1.56 bits per heavy atom. The number of carbonyl (C=O) groups excluding carboxylic acids is 3. The molecule has 1 fully saturated rings. The number of pyridine rings is 1. The molecule has 1 atom stereocenters. The molecule has 0 spiro atoms. The van der Waals surface area contributed by atoms with Crippen LogP contribution in [0.1, 0.15) is 60.3 Å². The second-order valence-electron chi connectivity index (χ2n) is 11.9. The zero-order valence-electron chi connectivity index (χ0n) is 30.4. The van der Waals surface area contributed by atoms with Crippen molar-refractivity contribution in [1.29, 1.82) is 0 Å². The number of nitrogens with one attached hydrogen (secondary N) is 3. The molecule has 1 aliphatic carbocycles. The van der Waals surface area contributed by atoms with Gasteiger partial charge in [-0.25, -0.2) is 8.78 Å². The molecule has 13 heteroatoms. The summed E-state index contributed by atoms with van der Waals surface area (Å²) in [4.78, 5) is 41.4. The minimum atomic E-state index is -1.28. The van der Waals surface area contributed by atoms with Crippen molar-refractivity contribution >= 4 is 40.1 Å². The van der Waals surface area contributed by atoms with Gasteiger partial charge in [0.05, 0.1) is 18.7 Å². The lowest BCUT2D eigenvalue weighted by Crippen LogP contribution is -2.35. The van der Waals surface area contributed by atoms with E-state index in [9.17, 15) is 18.8 Å². The van der Waals surface area contributed by atoms with Crippen LogP contribution in [0.25, 0.3) is 10.9 Å². The van der Waals surface area contributed by atoms with E-state index < -0.39 is 34.8 Å². The maximum Gasteiger partial charge on any atom is 0.320 e. The molecule has 280 valence electrons. The van der Waals surface area contributed by atoms with Crippen LogP contribution in [-0.4, -0.2) is 55.1 Å². The highest BCUT2D eigenvalue weighted by molar-refractivity contribution is 6.16. The predicted molar refractivity (Wildman–Crippen MR) is 198 cm³/mol. The van der Waals surface area contributed by atoms with Gasteiger partial charge in [0.2, 0.25) is 11.8 Å². The molecule has 2 amide bonds. The van der Waals surface area contributed by atoms with Gasteiger partial charge in [0.15, 0.2) is 11.6 Å². The minimum absolute atomic E-state index is 0.0642. The van der Waals surface area contributed by atoms with Crippen molar-refractivity contribution < 1.29 is 37.4 Å². The van der Waals surface area contributed by atoms with Crippen LogP contribution in [0.15, 0.2) is 72.9 Å². The molecule has 1 aromatic heterocycles. The van der Waals surface area contributed by atoms with Crippen LogP contribution in [-0.2, 0) is 19.1 Å². The van der Waals surface area contributed by atoms with Crippen molar-refractivity contribution in [3.05, 3.63) is 84.6 Å². The van der Waals surface area contributed by atoms with Gasteiger partial charge in [-0.05, 0) is 87.3 Å². The number of halogens is 2. The van der Waals surface area contributed by atoms with E-state index in [1.54, 1.807) is 37.4 Å². The topological polar surface area (TPSA) is 154 Å². The lowest BCUT2D eigenvalue weighted by atomic mass is 10.0. The number of nitrogens with zero attached hydrogens (tertiary/aromatic N) is 1. The highest BCUT2D eigenvalue weighted by Crippen LogP contribution is 2.47. The van der Waals surface area contributed by atoms with Crippen molar-refractivity contribution in [3.8, 4) is 17.2 Å². The van der Waals surface area contributed by atoms with Crippen LogP contribution in [0.3, 0.4) is 0 Å². The summed E-state index contributed by atoms with van der Waals surface area (Å²) in [5.74, 6) is -1.74. The molecule has 3 aromatic carbocycles. The summed E-state index contributed by atoms with van der Waals surface area (Å²) in [5.41, 5.74) is 5.09. The van der Waals surface area contributed by atoms with Gasteiger partial charge in [-0.1, -0.05) is 34.1 Å². The van der Waals surface area contributed by atoms with Crippen LogP contribution < -0.4 is 31.2 Å². The van der Waals surface area contributed by atoms with Gasteiger partial charge < -0.3 is 35.9 Å². The third kappa shape index (κ3) is 12.0. The number of fused-ring (bicyclic) bond motifs is 1. The first-order valence-corrected chi connectivity index (χ1v) is 17.6. The fraction of sp³-hybridized carbons (Fsp3) is 0.385. The Balaban J connectivity index is 0.00000139. The molecule has 11 nitrogen and oxygen atoms in total. The monoisotopic (exact) mass is 721 g/mol. The van der Waals surface area contributed by atoms with Gasteiger partial charge >= 0.3 is 5.97 Å². The number of rotatable bonds is 15. The second kappa shape index (κ2) is 20.6. The molecule has 0 aliphatic heterocycles. The Morgan fingerprint density at radius 3 is 2.19 bits per heavy atom. The number of amides is 2. The molecule has 5 rings (SSSR count). The highest BCUT2D eigenvalue weighted by atomic mass is 19.1. The van der Waals surface area contributed by atoms with E-state index in [1.807, 2.05) is 13.8 Å². The number of nitrogens with two attached hydrogens (primary N) is 1. The Kier molecular flexibility index (Phi) is 16.4. The lowest BCUT2D eigenvalue weighted by Gasteiger charge is -2.16. The second-order valence-corrected chi connectivity index (χ2v) is 11.9. The van der Waals surface area contributed by atoms with E-state index in [0.29, 0.717) is 67.0 Å². The number of hydrogen-bond acceptors (Lipinski definition) is 9. The first kappa shape index (κ1) is 41.3. The molecule has 0 radical (unpaired) electrons. The van der Waals surface area contributed by atoms with Gasteiger partial charge in [-0.3, -0.25) is 19.4 Å². The Bertz CT molecular complexity index is 1770. The summed E-state index contributed by atoms with van der Waals surface area (Å²) < 4.78 is 45.1. The summed E-state index contributed by atoms with van der Waals surface area (Å²) in [7, 11) is 0. The lowest BCUT2D eigenvalue weighted by molar-refractivity contribution is -0.146. The third-order valence-corrected chi connectivity index (χ3v) is 7.50. The number of esters is 1. The molecule has 1 saturated carbocycles. The maximum absolute atomic E-state index is 15.1. The average molecular weight is 722 g/mol. The van der Waals surface area contributed by atoms with E-state index in [2.05, 4.69) is 34.8 Å². The molecule has 0 bridgehead atoms. The Morgan fingerprint density at radius 1 is 0.904 bits per heavy atom. The average Bonchev–Trinajstić information content (AvgIpc) is 3.96. The van der Waals surface area contributed by atoms with Crippen molar-refractivity contribution in [3.63, 3.8) is 0 Å². The fourth-order valence-corrected chi connectivity index (χ4v) is 4.78. The fourth-order valence-electron chi connectivity index (χ4n) is 4.78. The number of anilines is 2. The van der Waals surface area contributed by atoms with Crippen LogP contribution in [0.5, 0.6) is 17.2 Å². The normalized spacial score (nSPS) is 12.9. The molecule has 52 heavy (non-hydrogen) atoms. The van der Waals surface area contributed by atoms with E-state index >= 15 is 4.39 Å². The van der Waals surface area contributed by atoms with Crippen molar-refractivity contribution in [2.75, 3.05) is 36.9 Å². The molecule has 4 aromatic rings. The third-order valence-electron chi connectivity index (χ3n) is 7.50. The zero-order valence-corrected chi connectivity index (χ0v) is 30.4. The van der Waals surface area contributed by atoms with Gasteiger partial charge in [-0.2, -0.15) is 0 Å². The van der Waals surface area contributed by atoms with Gasteiger partial charge in [0.1, 0.15) is 28.8 Å². The SMILES string of the molecule is CC.CC(CNCCCOc1ccc2c(Oc3ccc(NC(=O)C4(C(=O)Nc5ccc(F)cc5)CC4)cc3F)ccnc2c1)OC(=O)CN.CCC. The van der Waals surface area contributed by atoms with E-state index in [1.165, 1.54) is 42.8 Å². The number of benzene rings is 3. The van der Waals surface area contributed by atoms with Gasteiger partial charge in [-0.15, -0.1) is 0 Å². The summed E-state index contributed by atoms with van der Waals surface area (Å²) in [6.07, 6.45) is 3.90. The van der Waals surface area contributed by atoms with E-state index in [0.717, 1.165) is 6.07 Å². The molecule has 1 unspecified atom stereocenters. The maximum atomic E-state index is 15.1. The molecule has 1 aliphatic rings. The van der Waals surface area contributed by atoms with E-state index in [-0.39, 0.29) is 24.1 Å². The quantitative estimate of drug-likeness (QED) is 0.0560. The number of ether oxygens (including phenoxy) is 3. The molecule has 5 N–H and O–H groups in total. The Labute approximate surface area is 303 Å². The first-order valence-electron chi connectivity index (χ1n) is 17.6. The standard InChI is InChI=1S/C34H35F2N5O6.C3H8.C2H6/c1-21(46-31(42)19-37)20-38-14-2-16-45-25-8-9-26-28(18-25)39-15-11-29(26)47-30-10-7-24(17-27(30)36)41-33(44)34(12-13-34)32(43)40-23-5-3-22(35)4-6-23;1-3-2;1-2/h3-11,15,17-18,21,38H,2,12-14,16,19-20,37H2,1H3,(H,40,43)(H,41,44);3H2,1-2H3;1-2H3. The van der Waals surface area contributed by atoms with Crippen molar-refractivity contribution in [2.45, 2.75) is 66.4 Å². The molecular weight excluding hydrogens is 672 g/mol. The smallest absolute Gasteiger partial charge is 0.320 e. The zero-order chi connectivity index (χ0) is 38.1. The largest absolute Gasteiger partial charge is 0.493 e. The Hall–Kier alpha value is -5.14. The first-order chi connectivity index (χ1) is 25.1. The van der Waals surface area contributed by atoms with Crippen LogP contribution in [0, 0.1) is 17.0 Å². The highest BCUT2D eigenvalue weighted by Gasteiger charge is 2.56. The number of carbonyl (C=O) groups is 3. The minimum Gasteiger partial charge on any atom is -0.493 e. The van der Waals surface area contributed by atoms with Crippen LogP contribution >= 0.6 is 0 Å².